The molecule has 0 fully saturated rings. The van der Waals surface area contributed by atoms with Crippen LogP contribution in [0.25, 0.3) is 17.2 Å². The van der Waals surface area contributed by atoms with Crippen molar-refractivity contribution in [3.05, 3.63) is 70.5 Å². The van der Waals surface area contributed by atoms with Gasteiger partial charge in [0.15, 0.2) is 0 Å². The van der Waals surface area contributed by atoms with Crippen LogP contribution in [0.4, 0.5) is 4.39 Å². The smallest absolute Gasteiger partial charge is 0.332 e. The number of unbranched alkanes of at least 4 members (excludes halogenated alkanes) is 1. The molecular formula is C28H35FNO5PS. The van der Waals surface area contributed by atoms with Gasteiger partial charge in [-0.1, -0.05) is 18.2 Å². The molecule has 1 aliphatic rings. The summed E-state index contributed by atoms with van der Waals surface area (Å²) in [5.41, 5.74) is 5.34. The second-order valence-electron chi connectivity index (χ2n) is 8.50. The highest BCUT2D eigenvalue weighted by Crippen LogP contribution is 2.44. The van der Waals surface area contributed by atoms with Gasteiger partial charge in [0.2, 0.25) is 5.91 Å². The molecule has 2 aromatic rings. The number of nitrogens with one attached hydrogen (secondary N) is 1. The topological polar surface area (TPSA) is 73.9 Å². The number of benzene rings is 2. The maximum absolute atomic E-state index is 14.1. The molecule has 0 bridgehead atoms. The van der Waals surface area contributed by atoms with Crippen LogP contribution in [0.1, 0.15) is 56.7 Å². The molecule has 200 valence electrons. The fraction of sp³-hybridized carbons (Fsp3) is 0.393. The van der Waals surface area contributed by atoms with Crippen LogP contribution in [0, 0.1) is 5.82 Å². The van der Waals surface area contributed by atoms with Gasteiger partial charge in [-0.3, -0.25) is 9.00 Å². The van der Waals surface area contributed by atoms with Crippen molar-refractivity contribution >= 4 is 42.5 Å². The number of allylic oxidation sites excluding steroid dienone is 2. The number of carbonyl (C=O) groups is 1. The van der Waals surface area contributed by atoms with Crippen molar-refractivity contribution in [1.29, 1.82) is 0 Å². The Kier molecular flexibility index (Phi) is 11.6. The molecule has 1 aliphatic carbocycles. The van der Waals surface area contributed by atoms with Gasteiger partial charge in [-0.05, 0) is 97.4 Å². The van der Waals surface area contributed by atoms with E-state index in [9.17, 15) is 13.4 Å². The van der Waals surface area contributed by atoms with Crippen molar-refractivity contribution in [2.45, 2.75) is 44.9 Å². The monoisotopic (exact) mass is 547 g/mol. The summed E-state index contributed by atoms with van der Waals surface area (Å²) in [6.45, 7) is 7.86. The zero-order chi connectivity index (χ0) is 26.8. The molecule has 1 atom stereocenters. The fourth-order valence-corrected chi connectivity index (χ4v) is 5.49. The molecule has 0 heterocycles. The summed E-state index contributed by atoms with van der Waals surface area (Å²) in [7, 11) is -2.35. The third kappa shape index (κ3) is 8.39. The first kappa shape index (κ1) is 29.3. The number of fused-ring (bicyclic) bond motifs is 1. The van der Waals surface area contributed by atoms with Crippen LogP contribution in [0.5, 0.6) is 0 Å². The molecular weight excluding hydrogens is 512 g/mol. The third-order valence-corrected chi connectivity index (χ3v) is 8.14. The molecule has 37 heavy (non-hydrogen) atoms. The molecule has 0 aliphatic heterocycles. The Hall–Kier alpha value is -2.22. The molecule has 3 rings (SSSR count). The van der Waals surface area contributed by atoms with Crippen molar-refractivity contribution < 1.29 is 27.0 Å². The zero-order valence-electron chi connectivity index (χ0n) is 21.8. The van der Waals surface area contributed by atoms with Crippen molar-refractivity contribution in [3.63, 3.8) is 0 Å². The van der Waals surface area contributed by atoms with E-state index in [0.29, 0.717) is 26.4 Å². The van der Waals surface area contributed by atoms with Crippen LogP contribution in [-0.2, 0) is 29.2 Å². The predicted octanol–water partition coefficient (Wildman–Crippen LogP) is 6.49. The summed E-state index contributed by atoms with van der Waals surface area (Å²) in [5, 5.41) is 2.97. The summed E-state index contributed by atoms with van der Waals surface area (Å²) in [4.78, 5) is 13.5. The second kappa shape index (κ2) is 14.6. The minimum Gasteiger partial charge on any atom is -0.356 e. The minimum absolute atomic E-state index is 0.104. The van der Waals surface area contributed by atoms with Gasteiger partial charge in [-0.25, -0.2) is 4.39 Å². The molecule has 1 amide bonds. The summed E-state index contributed by atoms with van der Waals surface area (Å²) >= 11 is 0. The quantitative estimate of drug-likeness (QED) is 0.216. The number of carbonyl (C=O) groups excluding carboxylic acids is 1. The van der Waals surface area contributed by atoms with E-state index in [4.69, 9.17) is 13.6 Å². The van der Waals surface area contributed by atoms with E-state index in [1.807, 2.05) is 51.1 Å². The van der Waals surface area contributed by atoms with E-state index >= 15 is 0 Å². The largest absolute Gasteiger partial charge is 0.356 e. The number of hydrogen-bond acceptors (Lipinski definition) is 5. The average Bonchev–Trinajstić information content (AvgIpc) is 3.11. The van der Waals surface area contributed by atoms with E-state index in [2.05, 4.69) is 5.32 Å². The average molecular weight is 548 g/mol. The van der Waals surface area contributed by atoms with Crippen LogP contribution in [0.15, 0.2) is 52.9 Å². The molecule has 0 saturated heterocycles. The second-order valence-corrected chi connectivity index (χ2v) is 11.1. The highest BCUT2D eigenvalue weighted by molar-refractivity contribution is 7.84. The Morgan fingerprint density at radius 2 is 1.73 bits per heavy atom. The van der Waals surface area contributed by atoms with E-state index < -0.39 is 19.4 Å². The highest BCUT2D eigenvalue weighted by atomic mass is 32.2. The maximum Gasteiger partial charge on any atom is 0.332 e. The molecule has 2 aromatic carbocycles. The summed E-state index contributed by atoms with van der Waals surface area (Å²) in [5.74, 6) is -0.438. The lowest BCUT2D eigenvalue weighted by Crippen LogP contribution is -2.24. The van der Waals surface area contributed by atoms with Crippen LogP contribution in [0.2, 0.25) is 0 Å². The van der Waals surface area contributed by atoms with Gasteiger partial charge < -0.3 is 18.9 Å². The first-order valence-corrected chi connectivity index (χ1v) is 15.1. The lowest BCUT2D eigenvalue weighted by atomic mass is 10.0. The zero-order valence-corrected chi connectivity index (χ0v) is 23.6. The number of amides is 1. The number of hydrogen-bond donors (Lipinski definition) is 1. The molecule has 0 spiro atoms. The normalized spacial score (nSPS) is 14.9. The summed E-state index contributed by atoms with van der Waals surface area (Å²) < 4.78 is 42.3. The van der Waals surface area contributed by atoms with Crippen LogP contribution >= 0.6 is 8.60 Å². The highest BCUT2D eigenvalue weighted by Gasteiger charge is 2.25. The van der Waals surface area contributed by atoms with Gasteiger partial charge in [-0.2, -0.15) is 0 Å². The molecule has 6 nitrogen and oxygen atoms in total. The Bertz CT molecular complexity index is 1160. The third-order valence-electron chi connectivity index (χ3n) is 5.87. The van der Waals surface area contributed by atoms with Crippen molar-refractivity contribution in [2.24, 2.45) is 0 Å². The predicted molar refractivity (Wildman–Crippen MR) is 149 cm³/mol. The van der Waals surface area contributed by atoms with E-state index in [-0.39, 0.29) is 18.1 Å². The maximum atomic E-state index is 14.1. The van der Waals surface area contributed by atoms with Gasteiger partial charge in [0.25, 0.3) is 0 Å². The molecule has 0 aromatic heterocycles. The first-order valence-electron chi connectivity index (χ1n) is 12.4. The Labute approximate surface area is 222 Å². The molecule has 1 N–H and O–H groups in total. The molecule has 0 radical (unpaired) electrons. The van der Waals surface area contributed by atoms with Gasteiger partial charge >= 0.3 is 8.60 Å². The van der Waals surface area contributed by atoms with Crippen molar-refractivity contribution in [3.8, 4) is 0 Å². The van der Waals surface area contributed by atoms with E-state index in [0.717, 1.165) is 51.1 Å². The first-order chi connectivity index (χ1) is 17.8. The fourth-order valence-electron chi connectivity index (χ4n) is 4.04. The van der Waals surface area contributed by atoms with Gasteiger partial charge in [0.05, 0.1) is 26.2 Å². The van der Waals surface area contributed by atoms with Gasteiger partial charge in [0, 0.05) is 28.5 Å². The SMILES string of the molecule is CCOP(OCC)OCCCCNC(=O)CC1=C(C)/C(=C/c2ccc(S(C)=O)cc2)c2ccc(F)cc21. The van der Waals surface area contributed by atoms with Crippen LogP contribution in [-0.4, -0.2) is 42.7 Å². The lowest BCUT2D eigenvalue weighted by Gasteiger charge is -2.14. The van der Waals surface area contributed by atoms with Gasteiger partial charge in [-0.15, -0.1) is 0 Å². The van der Waals surface area contributed by atoms with Gasteiger partial charge in [0.1, 0.15) is 5.82 Å². The van der Waals surface area contributed by atoms with E-state index in [1.54, 1.807) is 12.3 Å². The summed E-state index contributed by atoms with van der Waals surface area (Å²) in [6.07, 6.45) is 5.38. The van der Waals surface area contributed by atoms with Crippen LogP contribution < -0.4 is 5.32 Å². The summed E-state index contributed by atoms with van der Waals surface area (Å²) in [6, 6.07) is 12.2. The standard InChI is InChI=1S/C28H35FNO5PS/c1-5-33-36(34-6-2)35-16-8-7-15-30-28(31)19-26-20(3)25(24-14-11-22(29)18-27(24)26)17-21-9-12-23(13-10-21)37(4)32/h9-14,17-18H,5-8,15-16,19H2,1-4H3,(H,30,31)/b25-17-. The van der Waals surface area contributed by atoms with Crippen molar-refractivity contribution in [2.75, 3.05) is 32.6 Å². The number of rotatable bonds is 14. The molecule has 1 unspecified atom stereocenters. The van der Waals surface area contributed by atoms with E-state index in [1.165, 1.54) is 12.1 Å². The Balaban J connectivity index is 1.62. The number of halogens is 1. The Morgan fingerprint density at radius 3 is 2.38 bits per heavy atom. The Morgan fingerprint density at radius 1 is 1.03 bits per heavy atom. The minimum atomic E-state index is -1.31. The van der Waals surface area contributed by atoms with Crippen LogP contribution in [0.3, 0.4) is 0 Å². The van der Waals surface area contributed by atoms with Crippen molar-refractivity contribution in [1.82, 2.24) is 5.32 Å². The lowest BCUT2D eigenvalue weighted by molar-refractivity contribution is -0.120. The molecule has 0 saturated carbocycles. The molecule has 9 heteroatoms.